The Balaban J connectivity index is 2.49. The average molecular weight is 355 g/mol. The molecule has 1 aromatic heterocycles. The molecule has 1 aromatic rings. The molecule has 0 radical (unpaired) electrons. The van der Waals surface area contributed by atoms with Crippen LogP contribution in [-0.2, 0) is 6.54 Å². The van der Waals surface area contributed by atoms with Gasteiger partial charge in [0.15, 0.2) is 0 Å². The Morgan fingerprint density at radius 2 is 2.06 bits per heavy atom. The summed E-state index contributed by atoms with van der Waals surface area (Å²) >= 11 is 7.70. The second-order valence-electron chi connectivity index (χ2n) is 3.76. The Labute approximate surface area is 114 Å². The van der Waals surface area contributed by atoms with Gasteiger partial charge in [-0.2, -0.15) is 0 Å². The van der Waals surface area contributed by atoms with E-state index in [1.165, 1.54) is 32.0 Å². The van der Waals surface area contributed by atoms with E-state index < -0.39 is 0 Å². The number of hydrogen-bond donors (Lipinski definition) is 0. The molecule has 0 saturated heterocycles. The topological polar surface area (TPSA) is 34.9 Å². The molecule has 3 nitrogen and oxygen atoms in total. The lowest BCUT2D eigenvalue weighted by molar-refractivity contribution is 0.552. The molecule has 0 N–H and O–H groups in total. The first-order valence-electron chi connectivity index (χ1n) is 5.57. The lowest BCUT2D eigenvalue weighted by Gasteiger charge is -2.05. The fourth-order valence-corrected chi connectivity index (χ4v) is 2.06. The van der Waals surface area contributed by atoms with E-state index in [0.717, 1.165) is 13.0 Å². The van der Waals surface area contributed by atoms with Crippen LogP contribution in [0.15, 0.2) is 11.1 Å². The second-order valence-corrected chi connectivity index (χ2v) is 5.20. The molecule has 0 aliphatic heterocycles. The van der Waals surface area contributed by atoms with Gasteiger partial charge in [0.25, 0.3) is 5.56 Å². The zero-order chi connectivity index (χ0) is 12.0. The molecule has 0 fully saturated rings. The van der Waals surface area contributed by atoms with Crippen molar-refractivity contribution in [2.75, 3.05) is 0 Å². The number of hydrogen-bond acceptors (Lipinski definition) is 2. The minimum atomic E-state index is -0.0314. The first-order valence-corrected chi connectivity index (χ1v) is 7.03. The van der Waals surface area contributed by atoms with Gasteiger partial charge in [0.2, 0.25) is 0 Å². The maximum absolute atomic E-state index is 11.7. The number of halogens is 2. The summed E-state index contributed by atoms with van der Waals surface area (Å²) in [5.41, 5.74) is -0.0314. The Morgan fingerprint density at radius 3 is 2.75 bits per heavy atom. The standard InChI is InChI=1S/C11H16ClIN2O/c1-2-3-4-5-6-7-15-8-14-10(12)9(13)11(15)16/h8H,2-7H2,1H3. The summed E-state index contributed by atoms with van der Waals surface area (Å²) in [6.07, 6.45) is 7.47. The monoisotopic (exact) mass is 354 g/mol. The highest BCUT2D eigenvalue weighted by molar-refractivity contribution is 14.1. The molecule has 5 heteroatoms. The quantitative estimate of drug-likeness (QED) is 0.445. The van der Waals surface area contributed by atoms with Gasteiger partial charge < -0.3 is 0 Å². The van der Waals surface area contributed by atoms with E-state index in [0.29, 0.717) is 8.72 Å². The van der Waals surface area contributed by atoms with Crippen LogP contribution in [0.2, 0.25) is 5.15 Å². The fourth-order valence-electron chi connectivity index (χ4n) is 1.49. The molecule has 1 rings (SSSR count). The van der Waals surface area contributed by atoms with Crippen LogP contribution < -0.4 is 5.56 Å². The number of rotatable bonds is 6. The highest BCUT2D eigenvalue weighted by Gasteiger charge is 2.05. The van der Waals surface area contributed by atoms with E-state index in [2.05, 4.69) is 11.9 Å². The number of nitrogens with zero attached hydrogens (tertiary/aromatic N) is 2. The summed E-state index contributed by atoms with van der Waals surface area (Å²) in [5, 5.41) is 0.299. The smallest absolute Gasteiger partial charge is 0.268 e. The second kappa shape index (κ2) is 7.27. The first kappa shape index (κ1) is 14.0. The summed E-state index contributed by atoms with van der Waals surface area (Å²) in [6, 6.07) is 0. The van der Waals surface area contributed by atoms with E-state index in [9.17, 15) is 4.79 Å². The van der Waals surface area contributed by atoms with Crippen molar-refractivity contribution >= 4 is 34.2 Å². The van der Waals surface area contributed by atoms with Crippen LogP contribution in [0, 0.1) is 3.57 Å². The molecule has 1 heterocycles. The van der Waals surface area contributed by atoms with E-state index in [1.807, 2.05) is 22.6 Å². The van der Waals surface area contributed by atoms with E-state index in [-0.39, 0.29) is 5.56 Å². The third-order valence-electron chi connectivity index (χ3n) is 2.44. The molecule has 90 valence electrons. The number of aryl methyl sites for hydroxylation is 1. The van der Waals surface area contributed by atoms with Gasteiger partial charge in [-0.15, -0.1) is 0 Å². The van der Waals surface area contributed by atoms with E-state index in [1.54, 1.807) is 4.57 Å². The lowest BCUT2D eigenvalue weighted by Crippen LogP contribution is -2.23. The number of unbranched alkanes of at least 4 members (excludes halogenated alkanes) is 4. The molecule has 0 aliphatic carbocycles. The number of aromatic nitrogens is 2. The summed E-state index contributed by atoms with van der Waals surface area (Å²) in [5.74, 6) is 0. The minimum Gasteiger partial charge on any atom is -0.298 e. The van der Waals surface area contributed by atoms with Gasteiger partial charge in [0, 0.05) is 6.54 Å². The third-order valence-corrected chi connectivity index (χ3v) is 4.02. The SMILES string of the molecule is CCCCCCCn1cnc(Cl)c(I)c1=O. The summed E-state index contributed by atoms with van der Waals surface area (Å²) < 4.78 is 2.15. The maximum atomic E-state index is 11.7. The van der Waals surface area contributed by atoms with Crippen molar-refractivity contribution in [2.24, 2.45) is 0 Å². The molecule has 0 atom stereocenters. The maximum Gasteiger partial charge on any atom is 0.268 e. The normalized spacial score (nSPS) is 10.7. The van der Waals surface area contributed by atoms with Gasteiger partial charge in [0.1, 0.15) is 8.72 Å². The van der Waals surface area contributed by atoms with Crippen LogP contribution in [0.5, 0.6) is 0 Å². The Morgan fingerprint density at radius 1 is 1.38 bits per heavy atom. The van der Waals surface area contributed by atoms with Crippen molar-refractivity contribution in [3.05, 3.63) is 25.4 Å². The van der Waals surface area contributed by atoms with Crippen molar-refractivity contribution in [3.8, 4) is 0 Å². The molecular weight excluding hydrogens is 338 g/mol. The predicted molar refractivity (Wildman–Crippen MR) is 75.0 cm³/mol. The van der Waals surface area contributed by atoms with Crippen LogP contribution in [-0.4, -0.2) is 9.55 Å². The Hall–Kier alpha value is -0.100. The van der Waals surface area contributed by atoms with Crippen molar-refractivity contribution < 1.29 is 0 Å². The minimum absolute atomic E-state index is 0.0314. The average Bonchev–Trinajstić information content (AvgIpc) is 2.28. The molecule has 16 heavy (non-hydrogen) atoms. The van der Waals surface area contributed by atoms with Crippen LogP contribution in [0.4, 0.5) is 0 Å². The largest absolute Gasteiger partial charge is 0.298 e. The van der Waals surface area contributed by atoms with Crippen molar-refractivity contribution in [1.82, 2.24) is 9.55 Å². The van der Waals surface area contributed by atoms with Crippen molar-refractivity contribution in [1.29, 1.82) is 0 Å². The summed E-state index contributed by atoms with van der Waals surface area (Å²) in [6.45, 7) is 2.93. The van der Waals surface area contributed by atoms with Gasteiger partial charge in [-0.1, -0.05) is 44.2 Å². The molecule has 0 saturated carbocycles. The Kier molecular flexibility index (Phi) is 6.34. The first-order chi connectivity index (χ1) is 7.66. The molecule has 0 unspecified atom stereocenters. The van der Waals surface area contributed by atoms with Gasteiger partial charge in [-0.25, -0.2) is 4.98 Å². The van der Waals surface area contributed by atoms with E-state index >= 15 is 0 Å². The van der Waals surface area contributed by atoms with Crippen molar-refractivity contribution in [2.45, 2.75) is 45.6 Å². The molecule has 0 amide bonds. The van der Waals surface area contributed by atoms with Crippen LogP contribution in [0.25, 0.3) is 0 Å². The van der Waals surface area contributed by atoms with Crippen LogP contribution in [0.3, 0.4) is 0 Å². The predicted octanol–water partition coefficient (Wildman–Crippen LogP) is 3.47. The van der Waals surface area contributed by atoms with Crippen LogP contribution in [0.1, 0.15) is 39.0 Å². The van der Waals surface area contributed by atoms with Crippen LogP contribution >= 0.6 is 34.2 Å². The summed E-state index contributed by atoms with van der Waals surface area (Å²) in [7, 11) is 0. The zero-order valence-electron chi connectivity index (χ0n) is 9.38. The molecule has 0 bridgehead atoms. The molecule has 0 aliphatic rings. The third kappa shape index (κ3) is 4.05. The zero-order valence-corrected chi connectivity index (χ0v) is 12.3. The van der Waals surface area contributed by atoms with Gasteiger partial charge in [-0.05, 0) is 29.0 Å². The molecule has 0 spiro atoms. The van der Waals surface area contributed by atoms with Gasteiger partial charge >= 0.3 is 0 Å². The van der Waals surface area contributed by atoms with Gasteiger partial charge in [0.05, 0.1) is 6.33 Å². The highest BCUT2D eigenvalue weighted by atomic mass is 127. The highest BCUT2D eigenvalue weighted by Crippen LogP contribution is 2.10. The van der Waals surface area contributed by atoms with E-state index in [4.69, 9.17) is 11.6 Å². The molecular formula is C11H16ClIN2O. The van der Waals surface area contributed by atoms with Crippen molar-refractivity contribution in [3.63, 3.8) is 0 Å². The Bertz CT molecular complexity index is 392. The fraction of sp³-hybridized carbons (Fsp3) is 0.636. The van der Waals surface area contributed by atoms with Gasteiger partial charge in [-0.3, -0.25) is 9.36 Å². The molecule has 0 aromatic carbocycles. The summed E-state index contributed by atoms with van der Waals surface area (Å²) in [4.78, 5) is 15.7. The lowest BCUT2D eigenvalue weighted by atomic mass is 10.1.